The van der Waals surface area contributed by atoms with Crippen LogP contribution < -0.4 is 0 Å². The summed E-state index contributed by atoms with van der Waals surface area (Å²) in [5.41, 5.74) is 2.08. The van der Waals surface area contributed by atoms with Crippen molar-refractivity contribution in [3.8, 4) is 0 Å². The summed E-state index contributed by atoms with van der Waals surface area (Å²) in [7, 11) is 0. The number of ether oxygens (including phenoxy) is 1. The van der Waals surface area contributed by atoms with E-state index in [1.54, 1.807) is 24.8 Å². The highest BCUT2D eigenvalue weighted by atomic mass is 32.2. The second kappa shape index (κ2) is 4.96. The average Bonchev–Trinajstić information content (AvgIpc) is 2.69. The Labute approximate surface area is 104 Å². The molecule has 1 aliphatic heterocycles. The molecule has 0 bridgehead atoms. The second-order valence-corrected chi connectivity index (χ2v) is 4.98. The van der Waals surface area contributed by atoms with Gasteiger partial charge in [-0.25, -0.2) is 4.79 Å². The van der Waals surface area contributed by atoms with E-state index in [4.69, 9.17) is 4.74 Å². The van der Waals surface area contributed by atoms with Crippen molar-refractivity contribution in [1.29, 1.82) is 0 Å². The largest absolute Gasteiger partial charge is 0.462 e. The van der Waals surface area contributed by atoms with Crippen molar-refractivity contribution in [1.82, 2.24) is 4.57 Å². The van der Waals surface area contributed by atoms with Gasteiger partial charge in [-0.2, -0.15) is 11.8 Å². The van der Waals surface area contributed by atoms with E-state index in [1.165, 1.54) is 6.92 Å². The number of esters is 1. The molecular formula is C12H15NO3S. The first-order valence-corrected chi connectivity index (χ1v) is 6.78. The van der Waals surface area contributed by atoms with Gasteiger partial charge in [-0.15, -0.1) is 0 Å². The fraction of sp³-hybridized carbons (Fsp3) is 0.500. The molecule has 4 nitrogen and oxygen atoms in total. The van der Waals surface area contributed by atoms with Gasteiger partial charge in [0.1, 0.15) is 0 Å². The first kappa shape index (κ1) is 12.2. The van der Waals surface area contributed by atoms with Crippen molar-refractivity contribution in [2.75, 3.05) is 12.4 Å². The molecule has 1 aliphatic rings. The second-order valence-electron chi connectivity index (χ2n) is 3.87. The number of fused-ring (bicyclic) bond motifs is 1. The minimum absolute atomic E-state index is 0.00583. The lowest BCUT2D eigenvalue weighted by Crippen LogP contribution is -2.16. The minimum Gasteiger partial charge on any atom is -0.462 e. The SMILES string of the molecule is CCOC(=O)c1cc(C(C)=O)n2c1CSCC2. The Morgan fingerprint density at radius 1 is 1.53 bits per heavy atom. The van der Waals surface area contributed by atoms with Crippen LogP contribution in [0.5, 0.6) is 0 Å². The molecule has 1 aromatic rings. The molecule has 1 aromatic heterocycles. The Bertz CT molecular complexity index is 465. The van der Waals surface area contributed by atoms with E-state index in [0.717, 1.165) is 23.7 Å². The van der Waals surface area contributed by atoms with Gasteiger partial charge in [-0.05, 0) is 13.0 Å². The molecule has 0 fully saturated rings. The summed E-state index contributed by atoms with van der Waals surface area (Å²) in [6.07, 6.45) is 0. The third-order valence-electron chi connectivity index (χ3n) is 2.76. The fourth-order valence-electron chi connectivity index (χ4n) is 2.00. The van der Waals surface area contributed by atoms with Crippen molar-refractivity contribution < 1.29 is 14.3 Å². The van der Waals surface area contributed by atoms with Gasteiger partial charge in [0.05, 0.1) is 17.9 Å². The summed E-state index contributed by atoms with van der Waals surface area (Å²) in [6.45, 7) is 4.45. The Balaban J connectivity index is 2.45. The van der Waals surface area contributed by atoms with E-state index in [9.17, 15) is 9.59 Å². The molecule has 0 saturated carbocycles. The number of thioether (sulfide) groups is 1. The molecule has 0 unspecified atom stereocenters. The van der Waals surface area contributed by atoms with Crippen LogP contribution in [0.1, 0.15) is 40.4 Å². The predicted molar refractivity (Wildman–Crippen MR) is 66.6 cm³/mol. The van der Waals surface area contributed by atoms with Crippen LogP contribution in [0.4, 0.5) is 0 Å². The van der Waals surface area contributed by atoms with Gasteiger partial charge in [0.2, 0.25) is 0 Å². The van der Waals surface area contributed by atoms with Crippen LogP contribution in [-0.2, 0) is 17.0 Å². The maximum absolute atomic E-state index is 11.8. The molecule has 0 N–H and O–H groups in total. The van der Waals surface area contributed by atoms with Crippen LogP contribution >= 0.6 is 11.8 Å². The number of hydrogen-bond donors (Lipinski definition) is 0. The fourth-order valence-corrected chi connectivity index (χ4v) is 2.96. The zero-order valence-corrected chi connectivity index (χ0v) is 10.8. The summed E-state index contributed by atoms with van der Waals surface area (Å²) in [5, 5.41) is 0. The number of nitrogens with zero attached hydrogens (tertiary/aromatic N) is 1. The third-order valence-corrected chi connectivity index (χ3v) is 3.71. The molecular weight excluding hydrogens is 238 g/mol. The van der Waals surface area contributed by atoms with E-state index in [2.05, 4.69) is 0 Å². The van der Waals surface area contributed by atoms with Gasteiger partial charge < -0.3 is 9.30 Å². The normalized spacial score (nSPS) is 14.2. The van der Waals surface area contributed by atoms with Gasteiger partial charge in [0.15, 0.2) is 5.78 Å². The summed E-state index contributed by atoms with van der Waals surface area (Å²) in [5.74, 6) is 1.41. The highest BCUT2D eigenvalue weighted by molar-refractivity contribution is 7.98. The van der Waals surface area contributed by atoms with Gasteiger partial charge in [0, 0.05) is 30.7 Å². The van der Waals surface area contributed by atoms with E-state index in [1.807, 2.05) is 4.57 Å². The molecule has 0 aliphatic carbocycles. The molecule has 17 heavy (non-hydrogen) atoms. The van der Waals surface area contributed by atoms with Crippen molar-refractivity contribution in [2.24, 2.45) is 0 Å². The number of Topliss-reactive ketones (excluding diaryl/α,β-unsaturated/α-hetero) is 1. The van der Waals surface area contributed by atoms with Crippen molar-refractivity contribution >= 4 is 23.5 Å². The standard InChI is InChI=1S/C12H15NO3S/c1-3-16-12(15)9-6-10(8(2)14)13-4-5-17-7-11(9)13/h6H,3-5,7H2,1-2H3. The molecule has 92 valence electrons. The highest BCUT2D eigenvalue weighted by Crippen LogP contribution is 2.27. The molecule has 5 heteroatoms. The van der Waals surface area contributed by atoms with Gasteiger partial charge >= 0.3 is 5.97 Å². The van der Waals surface area contributed by atoms with Crippen LogP contribution in [0.2, 0.25) is 0 Å². The number of carbonyl (C=O) groups excluding carboxylic acids is 2. The van der Waals surface area contributed by atoms with Crippen molar-refractivity contribution in [2.45, 2.75) is 26.1 Å². The van der Waals surface area contributed by atoms with Crippen LogP contribution in [0.3, 0.4) is 0 Å². The summed E-state index contributed by atoms with van der Waals surface area (Å²) in [6, 6.07) is 1.67. The molecule has 0 spiro atoms. The van der Waals surface area contributed by atoms with E-state index in [-0.39, 0.29) is 11.8 Å². The Morgan fingerprint density at radius 3 is 2.94 bits per heavy atom. The van der Waals surface area contributed by atoms with Gasteiger partial charge in [-0.3, -0.25) is 4.79 Å². The lowest BCUT2D eigenvalue weighted by molar-refractivity contribution is 0.0525. The maximum atomic E-state index is 11.8. The van der Waals surface area contributed by atoms with E-state index in [0.29, 0.717) is 17.9 Å². The predicted octanol–water partition coefficient (Wildman–Crippen LogP) is 2.11. The quantitative estimate of drug-likeness (QED) is 0.611. The highest BCUT2D eigenvalue weighted by Gasteiger charge is 2.24. The molecule has 2 rings (SSSR count). The lowest BCUT2D eigenvalue weighted by atomic mass is 10.2. The number of rotatable bonds is 3. The zero-order valence-electron chi connectivity index (χ0n) is 9.99. The molecule has 2 heterocycles. The number of ketones is 1. The summed E-state index contributed by atoms with van der Waals surface area (Å²) < 4.78 is 6.96. The van der Waals surface area contributed by atoms with Gasteiger partial charge in [0.25, 0.3) is 0 Å². The number of hydrogen-bond acceptors (Lipinski definition) is 4. The molecule has 0 amide bonds. The van der Waals surface area contributed by atoms with Crippen LogP contribution in [0.15, 0.2) is 6.07 Å². The van der Waals surface area contributed by atoms with E-state index >= 15 is 0 Å². The summed E-state index contributed by atoms with van der Waals surface area (Å²) in [4.78, 5) is 23.3. The van der Waals surface area contributed by atoms with Crippen LogP contribution in [-0.4, -0.2) is 28.7 Å². The Hall–Kier alpha value is -1.23. The summed E-state index contributed by atoms with van der Waals surface area (Å²) >= 11 is 1.77. The van der Waals surface area contributed by atoms with Gasteiger partial charge in [-0.1, -0.05) is 0 Å². The van der Waals surface area contributed by atoms with E-state index < -0.39 is 0 Å². The number of carbonyl (C=O) groups is 2. The topological polar surface area (TPSA) is 48.3 Å². The van der Waals surface area contributed by atoms with Crippen molar-refractivity contribution in [3.05, 3.63) is 23.0 Å². The van der Waals surface area contributed by atoms with Crippen LogP contribution in [0.25, 0.3) is 0 Å². The first-order chi connectivity index (χ1) is 8.15. The lowest BCUT2D eigenvalue weighted by Gasteiger charge is -2.17. The zero-order chi connectivity index (χ0) is 12.4. The molecule has 0 atom stereocenters. The Kier molecular flexibility index (Phi) is 3.57. The molecule has 0 aromatic carbocycles. The Morgan fingerprint density at radius 2 is 2.29 bits per heavy atom. The first-order valence-electron chi connectivity index (χ1n) is 5.63. The van der Waals surface area contributed by atoms with Crippen molar-refractivity contribution in [3.63, 3.8) is 0 Å². The van der Waals surface area contributed by atoms with Crippen LogP contribution in [0, 0.1) is 0 Å². The maximum Gasteiger partial charge on any atom is 0.340 e. The molecule has 0 radical (unpaired) electrons. The minimum atomic E-state index is -0.328. The third kappa shape index (κ3) is 2.24. The number of aromatic nitrogens is 1. The molecule has 0 saturated heterocycles. The monoisotopic (exact) mass is 253 g/mol. The smallest absolute Gasteiger partial charge is 0.340 e. The average molecular weight is 253 g/mol.